The maximum atomic E-state index is 12.6. The molecule has 1 amide bonds. The molecule has 110 valence electrons. The summed E-state index contributed by atoms with van der Waals surface area (Å²) in [4.78, 5) is 27.7. The van der Waals surface area contributed by atoms with Crippen molar-refractivity contribution in [2.24, 2.45) is 0 Å². The third kappa shape index (κ3) is 2.43. The number of nitrogens with one attached hydrogen (secondary N) is 1. The van der Waals surface area contributed by atoms with Gasteiger partial charge in [-0.15, -0.1) is 11.3 Å². The fourth-order valence-electron chi connectivity index (χ4n) is 2.97. The standard InChI is InChI=1S/C14H17N5OS/c1-15-13(20)14(11-9-16-4-5-17-11)3-2-7-19(14)10-12-18-6-8-21-12/h4-6,8-9H,2-3,7,10H2,1H3,(H,15,20)/t14-/m1/s1. The molecule has 0 spiro atoms. The number of rotatable bonds is 4. The van der Waals surface area contributed by atoms with Crippen molar-refractivity contribution in [2.75, 3.05) is 13.6 Å². The van der Waals surface area contributed by atoms with Crippen LogP contribution in [0.1, 0.15) is 23.5 Å². The van der Waals surface area contributed by atoms with Crippen LogP contribution < -0.4 is 5.32 Å². The zero-order valence-corrected chi connectivity index (χ0v) is 12.6. The highest BCUT2D eigenvalue weighted by Crippen LogP contribution is 2.39. The fourth-order valence-corrected chi connectivity index (χ4v) is 3.60. The van der Waals surface area contributed by atoms with Crippen LogP contribution in [0.3, 0.4) is 0 Å². The van der Waals surface area contributed by atoms with Crippen molar-refractivity contribution < 1.29 is 4.79 Å². The molecule has 3 heterocycles. The summed E-state index contributed by atoms with van der Waals surface area (Å²) in [6.07, 6.45) is 8.45. The average molecular weight is 303 g/mol. The molecule has 0 aliphatic carbocycles. The first-order valence-corrected chi connectivity index (χ1v) is 7.77. The molecule has 21 heavy (non-hydrogen) atoms. The Morgan fingerprint density at radius 3 is 3.00 bits per heavy atom. The van der Waals surface area contributed by atoms with Gasteiger partial charge in [0.2, 0.25) is 5.91 Å². The van der Waals surface area contributed by atoms with Crippen molar-refractivity contribution >= 4 is 17.2 Å². The van der Waals surface area contributed by atoms with Gasteiger partial charge >= 0.3 is 0 Å². The average Bonchev–Trinajstić information content (AvgIpc) is 3.18. The van der Waals surface area contributed by atoms with Gasteiger partial charge in [0, 0.05) is 37.6 Å². The Labute approximate surface area is 127 Å². The van der Waals surface area contributed by atoms with E-state index < -0.39 is 5.54 Å². The molecule has 0 radical (unpaired) electrons. The van der Waals surface area contributed by atoms with E-state index in [2.05, 4.69) is 25.2 Å². The topological polar surface area (TPSA) is 71.0 Å². The number of carbonyl (C=O) groups excluding carboxylic acids is 1. The minimum absolute atomic E-state index is 0.0305. The second-order valence-electron chi connectivity index (χ2n) is 4.98. The molecule has 0 bridgehead atoms. The third-order valence-electron chi connectivity index (χ3n) is 3.91. The Kier molecular flexibility index (Phi) is 3.94. The molecule has 7 heteroatoms. The van der Waals surface area contributed by atoms with E-state index in [-0.39, 0.29) is 5.91 Å². The maximum absolute atomic E-state index is 12.6. The summed E-state index contributed by atoms with van der Waals surface area (Å²) in [6.45, 7) is 1.51. The van der Waals surface area contributed by atoms with Crippen LogP contribution in [0.15, 0.2) is 30.2 Å². The Hall–Kier alpha value is -1.86. The van der Waals surface area contributed by atoms with Gasteiger partial charge in [0.15, 0.2) is 0 Å². The van der Waals surface area contributed by atoms with Crippen molar-refractivity contribution in [1.29, 1.82) is 0 Å². The van der Waals surface area contributed by atoms with Gasteiger partial charge in [0.05, 0.1) is 18.4 Å². The molecular weight excluding hydrogens is 286 g/mol. The molecule has 2 aromatic rings. The van der Waals surface area contributed by atoms with Crippen molar-refractivity contribution in [1.82, 2.24) is 25.2 Å². The minimum atomic E-state index is -0.741. The summed E-state index contributed by atoms with van der Waals surface area (Å²) in [5.41, 5.74) is -0.0345. The predicted molar refractivity (Wildman–Crippen MR) is 79.5 cm³/mol. The summed E-state index contributed by atoms with van der Waals surface area (Å²) >= 11 is 1.60. The summed E-state index contributed by atoms with van der Waals surface area (Å²) in [7, 11) is 1.67. The summed E-state index contributed by atoms with van der Waals surface area (Å²) in [5.74, 6) is -0.0305. The normalized spacial score (nSPS) is 22.3. The number of likely N-dealkylation sites (N-methyl/N-ethyl adjacent to an activating group) is 1. The molecule has 1 fully saturated rings. The Morgan fingerprint density at radius 1 is 1.43 bits per heavy atom. The molecule has 1 N–H and O–H groups in total. The molecule has 1 aliphatic rings. The number of hydrogen-bond donors (Lipinski definition) is 1. The van der Waals surface area contributed by atoms with Crippen molar-refractivity contribution in [3.63, 3.8) is 0 Å². The molecule has 0 saturated carbocycles. The largest absolute Gasteiger partial charge is 0.357 e. The van der Waals surface area contributed by atoms with Gasteiger partial charge < -0.3 is 5.32 Å². The first-order valence-electron chi connectivity index (χ1n) is 6.89. The second kappa shape index (κ2) is 5.87. The van der Waals surface area contributed by atoms with E-state index in [1.54, 1.807) is 43.2 Å². The molecule has 6 nitrogen and oxygen atoms in total. The molecule has 0 aromatic carbocycles. The first kappa shape index (κ1) is 14.1. The smallest absolute Gasteiger partial charge is 0.246 e. The monoisotopic (exact) mass is 303 g/mol. The van der Waals surface area contributed by atoms with Gasteiger partial charge in [-0.05, 0) is 12.8 Å². The Bertz CT molecular complexity index is 603. The number of aromatic nitrogens is 3. The van der Waals surface area contributed by atoms with Gasteiger partial charge in [-0.1, -0.05) is 0 Å². The molecule has 3 rings (SSSR count). The quantitative estimate of drug-likeness (QED) is 0.918. The fraction of sp³-hybridized carbons (Fsp3) is 0.429. The maximum Gasteiger partial charge on any atom is 0.246 e. The lowest BCUT2D eigenvalue weighted by atomic mass is 9.91. The van der Waals surface area contributed by atoms with E-state index in [0.717, 1.165) is 24.4 Å². The molecule has 0 unspecified atom stereocenters. The molecule has 2 aromatic heterocycles. The van der Waals surface area contributed by atoms with Crippen LogP contribution in [-0.4, -0.2) is 39.4 Å². The number of amides is 1. The summed E-state index contributed by atoms with van der Waals surface area (Å²) in [5, 5.41) is 5.75. The van der Waals surface area contributed by atoms with Crippen LogP contribution >= 0.6 is 11.3 Å². The lowest BCUT2D eigenvalue weighted by molar-refractivity contribution is -0.132. The van der Waals surface area contributed by atoms with Gasteiger partial charge in [0.25, 0.3) is 0 Å². The highest BCUT2D eigenvalue weighted by atomic mass is 32.1. The Morgan fingerprint density at radius 2 is 2.33 bits per heavy atom. The number of likely N-dealkylation sites (tertiary alicyclic amines) is 1. The van der Waals surface area contributed by atoms with Crippen LogP contribution in [0.4, 0.5) is 0 Å². The van der Waals surface area contributed by atoms with Crippen molar-refractivity contribution in [3.05, 3.63) is 40.9 Å². The predicted octanol–water partition coefficient (Wildman–Crippen LogP) is 1.17. The SMILES string of the molecule is CNC(=O)[C@]1(c2cnccn2)CCCN1Cc1nccs1. The number of hydrogen-bond acceptors (Lipinski definition) is 6. The first-order chi connectivity index (χ1) is 10.3. The molecular formula is C14H17N5OS. The lowest BCUT2D eigenvalue weighted by Crippen LogP contribution is -2.52. The van der Waals surface area contributed by atoms with E-state index in [9.17, 15) is 4.79 Å². The van der Waals surface area contributed by atoms with E-state index in [1.165, 1.54) is 0 Å². The third-order valence-corrected chi connectivity index (χ3v) is 4.67. The highest BCUT2D eigenvalue weighted by Gasteiger charge is 2.49. The summed E-state index contributed by atoms with van der Waals surface area (Å²) < 4.78 is 0. The van der Waals surface area contributed by atoms with Crippen LogP contribution in [0.5, 0.6) is 0 Å². The molecule has 1 saturated heterocycles. The van der Waals surface area contributed by atoms with Crippen LogP contribution in [0, 0.1) is 0 Å². The lowest BCUT2D eigenvalue weighted by Gasteiger charge is -2.35. The van der Waals surface area contributed by atoms with E-state index >= 15 is 0 Å². The molecule has 1 aliphatic heterocycles. The van der Waals surface area contributed by atoms with E-state index in [0.29, 0.717) is 12.2 Å². The van der Waals surface area contributed by atoms with Crippen molar-refractivity contribution in [2.45, 2.75) is 24.9 Å². The van der Waals surface area contributed by atoms with Gasteiger partial charge in [-0.2, -0.15) is 0 Å². The van der Waals surface area contributed by atoms with Gasteiger partial charge in [0.1, 0.15) is 10.5 Å². The van der Waals surface area contributed by atoms with E-state index in [1.807, 2.05) is 5.38 Å². The van der Waals surface area contributed by atoms with E-state index in [4.69, 9.17) is 0 Å². The number of carbonyl (C=O) groups is 1. The van der Waals surface area contributed by atoms with Gasteiger partial charge in [-0.3, -0.25) is 19.7 Å². The van der Waals surface area contributed by atoms with Crippen LogP contribution in [-0.2, 0) is 16.9 Å². The minimum Gasteiger partial charge on any atom is -0.357 e. The summed E-state index contributed by atoms with van der Waals surface area (Å²) in [6, 6.07) is 0. The highest BCUT2D eigenvalue weighted by molar-refractivity contribution is 7.09. The Balaban J connectivity index is 2.00. The zero-order chi connectivity index (χ0) is 14.7. The molecule has 1 atom stereocenters. The van der Waals surface area contributed by atoms with Crippen LogP contribution in [0.25, 0.3) is 0 Å². The number of nitrogens with zero attached hydrogens (tertiary/aromatic N) is 4. The van der Waals surface area contributed by atoms with Crippen LogP contribution in [0.2, 0.25) is 0 Å². The second-order valence-corrected chi connectivity index (χ2v) is 5.96. The van der Waals surface area contributed by atoms with Crippen molar-refractivity contribution in [3.8, 4) is 0 Å². The zero-order valence-electron chi connectivity index (χ0n) is 11.8. The van der Waals surface area contributed by atoms with Gasteiger partial charge in [-0.25, -0.2) is 4.98 Å². The number of thiazole rings is 1.